The summed E-state index contributed by atoms with van der Waals surface area (Å²) in [7, 11) is 0. The van der Waals surface area contributed by atoms with E-state index in [9.17, 15) is 4.79 Å². The Morgan fingerprint density at radius 2 is 1.63 bits per heavy atom. The maximum Gasteiger partial charge on any atom is 0.407 e. The van der Waals surface area contributed by atoms with Crippen molar-refractivity contribution in [3.05, 3.63) is 101 Å². The lowest BCUT2D eigenvalue weighted by Gasteiger charge is -2.21. The number of carbonyl (C=O) groups is 1. The molecule has 0 aliphatic carbocycles. The quantitative estimate of drug-likeness (QED) is 0.668. The van der Waals surface area contributed by atoms with Gasteiger partial charge in [-0.3, -0.25) is 0 Å². The van der Waals surface area contributed by atoms with E-state index in [-0.39, 0.29) is 12.1 Å². The second kappa shape index (κ2) is 8.31. The summed E-state index contributed by atoms with van der Waals surface area (Å²) in [6.07, 6.45) is 0.328. The van der Waals surface area contributed by atoms with Gasteiger partial charge in [-0.2, -0.15) is 0 Å². The summed E-state index contributed by atoms with van der Waals surface area (Å²) in [6.45, 7) is 0.362. The molecule has 1 amide bonds. The maximum atomic E-state index is 12.5. The molecular formula is C23H21NO2S. The van der Waals surface area contributed by atoms with Gasteiger partial charge in [0.1, 0.15) is 0 Å². The van der Waals surface area contributed by atoms with Crippen LogP contribution in [0.3, 0.4) is 0 Å². The molecule has 1 aliphatic rings. The molecular weight excluding hydrogens is 354 g/mol. The highest BCUT2D eigenvalue weighted by Crippen LogP contribution is 2.39. The monoisotopic (exact) mass is 375 g/mol. The minimum Gasteiger partial charge on any atom is -0.449 e. The van der Waals surface area contributed by atoms with E-state index in [1.54, 1.807) is 11.8 Å². The van der Waals surface area contributed by atoms with Gasteiger partial charge in [-0.1, -0.05) is 72.8 Å². The topological polar surface area (TPSA) is 38.3 Å². The molecule has 0 unspecified atom stereocenters. The van der Waals surface area contributed by atoms with Crippen molar-refractivity contribution < 1.29 is 9.53 Å². The van der Waals surface area contributed by atoms with E-state index in [4.69, 9.17) is 4.74 Å². The maximum absolute atomic E-state index is 12.5. The van der Waals surface area contributed by atoms with E-state index in [1.807, 2.05) is 54.6 Å². The van der Waals surface area contributed by atoms with Crippen LogP contribution in [0, 0.1) is 0 Å². The third kappa shape index (κ3) is 4.17. The number of carbonyl (C=O) groups excluding carboxylic acids is 1. The molecule has 0 fully saturated rings. The first-order valence-corrected chi connectivity index (χ1v) is 10.1. The third-order valence-electron chi connectivity index (χ3n) is 4.71. The number of hydrogen-bond acceptors (Lipinski definition) is 3. The summed E-state index contributed by atoms with van der Waals surface area (Å²) in [6, 6.07) is 26.4. The van der Waals surface area contributed by atoms with Crippen molar-refractivity contribution in [2.24, 2.45) is 0 Å². The molecule has 1 N–H and O–H groups in total. The zero-order valence-electron chi connectivity index (χ0n) is 14.9. The molecule has 0 saturated heterocycles. The van der Waals surface area contributed by atoms with E-state index >= 15 is 0 Å². The lowest BCUT2D eigenvalue weighted by atomic mass is 9.95. The molecule has 0 bridgehead atoms. The lowest BCUT2D eigenvalue weighted by molar-refractivity contribution is 0.145. The van der Waals surface area contributed by atoms with Crippen molar-refractivity contribution in [1.29, 1.82) is 0 Å². The summed E-state index contributed by atoms with van der Waals surface area (Å²) < 4.78 is 5.46. The van der Waals surface area contributed by atoms with Crippen LogP contribution >= 0.6 is 11.8 Å². The average molecular weight is 375 g/mol. The standard InChI is InChI=1S/C23H21NO2S/c25-23(26-15-14-17-8-2-1-3-9-17)24-22-19-11-5-4-10-18(19)16-27-21-13-7-6-12-20(21)22/h1-13,22H,14-16H2,(H,24,25)/t22-/m1/s1. The largest absolute Gasteiger partial charge is 0.449 e. The first kappa shape index (κ1) is 17.7. The number of nitrogens with one attached hydrogen (secondary N) is 1. The SMILES string of the molecule is O=C(N[C@@H]1c2ccccc2CSc2ccccc21)OCCc1ccccc1. The minimum absolute atomic E-state index is 0.198. The highest BCUT2D eigenvalue weighted by Gasteiger charge is 2.25. The highest BCUT2D eigenvalue weighted by molar-refractivity contribution is 7.98. The smallest absolute Gasteiger partial charge is 0.407 e. The predicted octanol–water partition coefficient (Wildman–Crippen LogP) is 5.35. The number of rotatable bonds is 4. The van der Waals surface area contributed by atoms with Crippen LogP contribution in [0.15, 0.2) is 83.8 Å². The van der Waals surface area contributed by atoms with Crippen LogP contribution in [0.5, 0.6) is 0 Å². The third-order valence-corrected chi connectivity index (χ3v) is 5.85. The molecule has 3 nitrogen and oxygen atoms in total. The average Bonchev–Trinajstić information content (AvgIpc) is 2.87. The van der Waals surface area contributed by atoms with E-state index in [1.165, 1.54) is 10.5 Å². The molecule has 136 valence electrons. The van der Waals surface area contributed by atoms with Crippen molar-refractivity contribution >= 4 is 17.9 Å². The number of alkyl carbamates (subject to hydrolysis) is 1. The van der Waals surface area contributed by atoms with Crippen LogP contribution < -0.4 is 5.32 Å². The normalized spacial score (nSPS) is 15.2. The molecule has 3 aromatic rings. The Labute approximate surface area is 163 Å². The number of thioether (sulfide) groups is 1. The van der Waals surface area contributed by atoms with Crippen molar-refractivity contribution in [2.75, 3.05) is 6.61 Å². The Bertz CT molecular complexity index is 879. The van der Waals surface area contributed by atoms with Gasteiger partial charge in [-0.25, -0.2) is 4.79 Å². The fourth-order valence-corrected chi connectivity index (χ4v) is 4.44. The molecule has 0 aromatic heterocycles. The van der Waals surface area contributed by atoms with Gasteiger partial charge in [0, 0.05) is 17.1 Å². The molecule has 0 saturated carbocycles. The number of amides is 1. The van der Waals surface area contributed by atoms with E-state index < -0.39 is 0 Å². The van der Waals surface area contributed by atoms with Crippen molar-refractivity contribution in [3.63, 3.8) is 0 Å². The van der Waals surface area contributed by atoms with Gasteiger partial charge in [-0.15, -0.1) is 11.8 Å². The number of benzene rings is 3. The van der Waals surface area contributed by atoms with Crippen LogP contribution in [-0.4, -0.2) is 12.7 Å². The molecule has 27 heavy (non-hydrogen) atoms. The second-order valence-electron chi connectivity index (χ2n) is 6.47. The summed E-state index contributed by atoms with van der Waals surface area (Å²) in [4.78, 5) is 13.7. The first-order chi connectivity index (χ1) is 13.3. The zero-order valence-corrected chi connectivity index (χ0v) is 15.7. The highest BCUT2D eigenvalue weighted by atomic mass is 32.2. The van der Waals surface area contributed by atoms with Gasteiger partial charge in [0.15, 0.2) is 0 Å². The van der Waals surface area contributed by atoms with Crippen LogP contribution in [0.25, 0.3) is 0 Å². The molecule has 4 heteroatoms. The lowest BCUT2D eigenvalue weighted by Crippen LogP contribution is -2.31. The van der Waals surface area contributed by atoms with Crippen LogP contribution in [0.2, 0.25) is 0 Å². The second-order valence-corrected chi connectivity index (χ2v) is 7.49. The fourth-order valence-electron chi connectivity index (χ4n) is 3.34. The molecule has 1 aliphatic heterocycles. The molecule has 1 heterocycles. The molecule has 0 spiro atoms. The fraction of sp³-hybridized carbons (Fsp3) is 0.174. The van der Waals surface area contributed by atoms with Crippen LogP contribution in [0.1, 0.15) is 28.3 Å². The van der Waals surface area contributed by atoms with Crippen LogP contribution in [0.4, 0.5) is 4.79 Å². The molecule has 3 aromatic carbocycles. The molecule has 1 atom stereocenters. The minimum atomic E-state index is -0.382. The van der Waals surface area contributed by atoms with Gasteiger partial charge in [-0.05, 0) is 28.3 Å². The van der Waals surface area contributed by atoms with Gasteiger partial charge in [0.2, 0.25) is 0 Å². The Hall–Kier alpha value is -2.72. The predicted molar refractivity (Wildman–Crippen MR) is 109 cm³/mol. The molecule has 0 radical (unpaired) electrons. The number of ether oxygens (including phenoxy) is 1. The summed E-state index contributed by atoms with van der Waals surface area (Å²) >= 11 is 1.81. The first-order valence-electron chi connectivity index (χ1n) is 9.08. The number of hydrogen-bond donors (Lipinski definition) is 1. The van der Waals surface area contributed by atoms with E-state index in [0.29, 0.717) is 13.0 Å². The van der Waals surface area contributed by atoms with E-state index in [2.05, 4.69) is 29.6 Å². The van der Waals surface area contributed by atoms with Gasteiger partial charge in [0.25, 0.3) is 0 Å². The summed E-state index contributed by atoms with van der Waals surface area (Å²) in [5, 5.41) is 3.08. The van der Waals surface area contributed by atoms with Gasteiger partial charge in [0.05, 0.1) is 12.6 Å². The number of fused-ring (bicyclic) bond motifs is 2. The Kier molecular flexibility index (Phi) is 5.45. The zero-order chi connectivity index (χ0) is 18.5. The van der Waals surface area contributed by atoms with Crippen LogP contribution in [-0.2, 0) is 16.9 Å². The summed E-state index contributed by atoms with van der Waals surface area (Å²) in [5.74, 6) is 0.897. The van der Waals surface area contributed by atoms with Gasteiger partial charge < -0.3 is 10.1 Å². The summed E-state index contributed by atoms with van der Waals surface area (Å²) in [5.41, 5.74) is 4.66. The molecule has 4 rings (SSSR count). The van der Waals surface area contributed by atoms with Crippen molar-refractivity contribution in [2.45, 2.75) is 23.1 Å². The Balaban J connectivity index is 1.49. The Morgan fingerprint density at radius 3 is 2.48 bits per heavy atom. The Morgan fingerprint density at radius 1 is 0.926 bits per heavy atom. The van der Waals surface area contributed by atoms with Gasteiger partial charge >= 0.3 is 6.09 Å². The van der Waals surface area contributed by atoms with Crippen molar-refractivity contribution in [3.8, 4) is 0 Å². The van der Waals surface area contributed by atoms with Crippen molar-refractivity contribution in [1.82, 2.24) is 5.32 Å². The van der Waals surface area contributed by atoms with E-state index in [0.717, 1.165) is 22.4 Å².